The summed E-state index contributed by atoms with van der Waals surface area (Å²) in [5, 5.41) is 12.1. The predicted octanol–water partition coefficient (Wildman–Crippen LogP) is 1.20. The van der Waals surface area contributed by atoms with Crippen LogP contribution in [0.1, 0.15) is 5.56 Å². The number of aryl methyl sites for hydroxylation is 1. The number of hydrogen-bond donors (Lipinski definition) is 1. The van der Waals surface area contributed by atoms with Crippen molar-refractivity contribution in [1.82, 2.24) is 20.1 Å². The quantitative estimate of drug-likeness (QED) is 0.878. The number of anilines is 1. The molecule has 0 unspecified atom stereocenters. The van der Waals surface area contributed by atoms with Crippen molar-refractivity contribution in [3.05, 3.63) is 29.8 Å². The Kier molecular flexibility index (Phi) is 3.21. The van der Waals surface area contributed by atoms with Gasteiger partial charge in [0.2, 0.25) is 5.95 Å². The Morgan fingerprint density at radius 3 is 2.68 bits per heavy atom. The lowest BCUT2D eigenvalue weighted by molar-refractivity contribution is 0.573. The molecule has 2 heterocycles. The van der Waals surface area contributed by atoms with E-state index in [-0.39, 0.29) is 0 Å². The third kappa shape index (κ3) is 2.33. The molecule has 1 fully saturated rings. The fraction of sp³-hybridized carbons (Fsp3) is 0.429. The number of piperazine rings is 1. The summed E-state index contributed by atoms with van der Waals surface area (Å²) in [7, 11) is 2.04. The van der Waals surface area contributed by atoms with Crippen molar-refractivity contribution in [1.29, 1.82) is 0 Å². The number of nitrogens with one attached hydrogen (secondary N) is 1. The van der Waals surface area contributed by atoms with Crippen LogP contribution in [0.3, 0.4) is 0 Å². The Hall–Kier alpha value is -1.88. The Morgan fingerprint density at radius 1 is 1.16 bits per heavy atom. The van der Waals surface area contributed by atoms with E-state index in [9.17, 15) is 0 Å². The molecule has 0 saturated carbocycles. The van der Waals surface area contributed by atoms with Gasteiger partial charge in [-0.15, -0.1) is 10.2 Å². The Morgan fingerprint density at radius 2 is 1.95 bits per heavy atom. The number of aromatic nitrogens is 3. The van der Waals surface area contributed by atoms with E-state index in [1.807, 2.05) is 7.05 Å². The maximum atomic E-state index is 4.36. The lowest BCUT2D eigenvalue weighted by Crippen LogP contribution is -2.44. The van der Waals surface area contributed by atoms with Gasteiger partial charge in [0.25, 0.3) is 0 Å². The molecule has 0 bridgehead atoms. The molecule has 100 valence electrons. The Bertz CT molecular complexity index is 569. The Labute approximate surface area is 113 Å². The molecule has 0 aliphatic carbocycles. The van der Waals surface area contributed by atoms with E-state index < -0.39 is 0 Å². The third-order valence-corrected chi connectivity index (χ3v) is 3.53. The third-order valence-electron chi connectivity index (χ3n) is 3.53. The summed E-state index contributed by atoms with van der Waals surface area (Å²) in [6.07, 6.45) is 0. The minimum atomic E-state index is 0.928. The number of nitrogens with zero attached hydrogens (tertiary/aromatic N) is 4. The highest BCUT2D eigenvalue weighted by molar-refractivity contribution is 5.58. The van der Waals surface area contributed by atoms with E-state index in [4.69, 9.17) is 0 Å². The number of hydrogen-bond acceptors (Lipinski definition) is 4. The molecule has 5 nitrogen and oxygen atoms in total. The molecule has 1 N–H and O–H groups in total. The van der Waals surface area contributed by atoms with Gasteiger partial charge in [-0.2, -0.15) is 0 Å². The van der Waals surface area contributed by atoms with Crippen LogP contribution in [0.4, 0.5) is 5.95 Å². The van der Waals surface area contributed by atoms with Gasteiger partial charge < -0.3 is 10.2 Å². The zero-order valence-corrected chi connectivity index (χ0v) is 11.4. The van der Waals surface area contributed by atoms with E-state index in [1.165, 1.54) is 5.56 Å². The highest BCUT2D eigenvalue weighted by atomic mass is 15.4. The smallest absolute Gasteiger partial charge is 0.227 e. The summed E-state index contributed by atoms with van der Waals surface area (Å²) in [5.74, 6) is 1.88. The van der Waals surface area contributed by atoms with E-state index in [2.05, 4.69) is 56.2 Å². The van der Waals surface area contributed by atoms with Gasteiger partial charge in [0, 0.05) is 38.8 Å². The molecule has 5 heteroatoms. The van der Waals surface area contributed by atoms with Gasteiger partial charge in [0.1, 0.15) is 0 Å². The zero-order valence-electron chi connectivity index (χ0n) is 11.4. The molecule has 1 aliphatic rings. The van der Waals surface area contributed by atoms with Crippen molar-refractivity contribution in [2.75, 3.05) is 31.1 Å². The molecule has 0 amide bonds. The average molecular weight is 257 g/mol. The first-order valence-corrected chi connectivity index (χ1v) is 6.68. The second kappa shape index (κ2) is 5.01. The molecular formula is C14H19N5. The minimum absolute atomic E-state index is 0.928. The van der Waals surface area contributed by atoms with Crippen molar-refractivity contribution in [3.63, 3.8) is 0 Å². The first-order valence-electron chi connectivity index (χ1n) is 6.68. The van der Waals surface area contributed by atoms with Crippen LogP contribution in [0.25, 0.3) is 11.4 Å². The predicted molar refractivity (Wildman–Crippen MR) is 76.3 cm³/mol. The van der Waals surface area contributed by atoms with Crippen LogP contribution in [-0.4, -0.2) is 40.9 Å². The van der Waals surface area contributed by atoms with E-state index in [0.29, 0.717) is 0 Å². The largest absolute Gasteiger partial charge is 0.338 e. The molecule has 0 radical (unpaired) electrons. The van der Waals surface area contributed by atoms with Crippen LogP contribution < -0.4 is 10.2 Å². The van der Waals surface area contributed by atoms with Crippen molar-refractivity contribution < 1.29 is 0 Å². The second-order valence-corrected chi connectivity index (χ2v) is 4.99. The van der Waals surface area contributed by atoms with Gasteiger partial charge in [0.05, 0.1) is 0 Å². The SMILES string of the molecule is Cc1cccc(-c2nnc(N3CCNCC3)n2C)c1. The fourth-order valence-electron chi connectivity index (χ4n) is 2.50. The second-order valence-electron chi connectivity index (χ2n) is 4.99. The molecule has 3 rings (SSSR count). The molecule has 0 atom stereocenters. The summed E-state index contributed by atoms with van der Waals surface area (Å²) in [4.78, 5) is 2.28. The number of rotatable bonds is 2. The maximum Gasteiger partial charge on any atom is 0.227 e. The molecule has 1 aromatic heterocycles. The summed E-state index contributed by atoms with van der Waals surface area (Å²) < 4.78 is 2.08. The fourth-order valence-corrected chi connectivity index (χ4v) is 2.50. The van der Waals surface area contributed by atoms with E-state index >= 15 is 0 Å². The molecular weight excluding hydrogens is 238 g/mol. The number of benzene rings is 1. The van der Waals surface area contributed by atoms with Crippen molar-refractivity contribution >= 4 is 5.95 Å². The summed E-state index contributed by atoms with van der Waals surface area (Å²) in [6, 6.07) is 8.38. The molecule has 1 saturated heterocycles. The lowest BCUT2D eigenvalue weighted by Gasteiger charge is -2.27. The molecule has 1 aromatic carbocycles. The topological polar surface area (TPSA) is 46.0 Å². The summed E-state index contributed by atoms with van der Waals surface area (Å²) in [6.45, 7) is 6.08. The summed E-state index contributed by atoms with van der Waals surface area (Å²) in [5.41, 5.74) is 2.36. The monoisotopic (exact) mass is 257 g/mol. The van der Waals surface area contributed by atoms with Crippen molar-refractivity contribution in [2.24, 2.45) is 7.05 Å². The minimum Gasteiger partial charge on any atom is -0.338 e. The normalized spacial score (nSPS) is 15.8. The highest BCUT2D eigenvalue weighted by Crippen LogP contribution is 2.22. The molecule has 0 spiro atoms. The van der Waals surface area contributed by atoms with E-state index in [0.717, 1.165) is 43.5 Å². The molecule has 1 aliphatic heterocycles. The van der Waals surface area contributed by atoms with Crippen LogP contribution in [0.5, 0.6) is 0 Å². The first kappa shape index (κ1) is 12.2. The maximum absolute atomic E-state index is 4.36. The lowest BCUT2D eigenvalue weighted by atomic mass is 10.1. The average Bonchev–Trinajstić information content (AvgIpc) is 2.81. The van der Waals surface area contributed by atoms with Crippen LogP contribution in [0.15, 0.2) is 24.3 Å². The van der Waals surface area contributed by atoms with Gasteiger partial charge in [-0.1, -0.05) is 23.8 Å². The highest BCUT2D eigenvalue weighted by Gasteiger charge is 2.18. The zero-order chi connectivity index (χ0) is 13.2. The first-order chi connectivity index (χ1) is 9.25. The van der Waals surface area contributed by atoms with Gasteiger partial charge >= 0.3 is 0 Å². The van der Waals surface area contributed by atoms with Gasteiger partial charge in [-0.05, 0) is 13.0 Å². The van der Waals surface area contributed by atoms with Crippen molar-refractivity contribution in [3.8, 4) is 11.4 Å². The van der Waals surface area contributed by atoms with Gasteiger partial charge in [-0.25, -0.2) is 0 Å². The summed E-state index contributed by atoms with van der Waals surface area (Å²) >= 11 is 0. The van der Waals surface area contributed by atoms with Gasteiger partial charge in [-0.3, -0.25) is 4.57 Å². The van der Waals surface area contributed by atoms with Crippen LogP contribution in [-0.2, 0) is 7.05 Å². The van der Waals surface area contributed by atoms with E-state index in [1.54, 1.807) is 0 Å². The van der Waals surface area contributed by atoms with Crippen molar-refractivity contribution in [2.45, 2.75) is 6.92 Å². The molecule has 19 heavy (non-hydrogen) atoms. The van der Waals surface area contributed by atoms with Crippen LogP contribution in [0, 0.1) is 6.92 Å². The molecule has 2 aromatic rings. The van der Waals surface area contributed by atoms with Crippen LogP contribution in [0.2, 0.25) is 0 Å². The Balaban J connectivity index is 1.94. The van der Waals surface area contributed by atoms with Gasteiger partial charge in [0.15, 0.2) is 5.82 Å². The van der Waals surface area contributed by atoms with Crippen LogP contribution >= 0.6 is 0 Å². The standard InChI is InChI=1S/C14H19N5/c1-11-4-3-5-12(10-11)13-16-17-14(18(13)2)19-8-6-15-7-9-19/h3-5,10,15H,6-9H2,1-2H3.